The van der Waals surface area contributed by atoms with Gasteiger partial charge in [0.15, 0.2) is 5.76 Å². The minimum atomic E-state index is -0.513. The first-order chi connectivity index (χ1) is 12.9. The van der Waals surface area contributed by atoms with Crippen molar-refractivity contribution in [2.45, 2.75) is 24.5 Å². The monoisotopic (exact) mass is 383 g/mol. The molecule has 1 heterocycles. The van der Waals surface area contributed by atoms with E-state index in [0.717, 1.165) is 12.8 Å². The number of carbonyl (C=O) groups is 3. The van der Waals surface area contributed by atoms with E-state index in [4.69, 9.17) is 9.47 Å². The molecule has 1 aliphatic heterocycles. The number of hydrogen-bond acceptors (Lipinski definition) is 9. The van der Waals surface area contributed by atoms with Gasteiger partial charge in [-0.3, -0.25) is 24.2 Å². The van der Waals surface area contributed by atoms with Gasteiger partial charge in [-0.25, -0.2) is 0 Å². The maximum absolute atomic E-state index is 12.7. The number of rotatable bonds is 11. The van der Waals surface area contributed by atoms with Crippen LogP contribution in [0.3, 0.4) is 0 Å². The fourth-order valence-electron chi connectivity index (χ4n) is 2.84. The lowest BCUT2D eigenvalue weighted by Crippen LogP contribution is -2.62. The standard InChI is InChI=1S/C17H25N3O7/c1-13(25-12-27-26-11-21)14(22)4-7-18-8-16(23)20-15(19(2)3)9-24-10-17(20)5-6-17/h4,7,11,15,18H,1,5-6,8-10,12H2,2-3H3/b7-4-. The second kappa shape index (κ2) is 9.49. The Morgan fingerprint density at radius 3 is 2.78 bits per heavy atom. The number of carbonyl (C=O) groups excluding carboxylic acids is 3. The Morgan fingerprint density at radius 2 is 2.15 bits per heavy atom. The second-order valence-electron chi connectivity index (χ2n) is 6.52. The van der Waals surface area contributed by atoms with Gasteiger partial charge in [0.05, 0.1) is 25.3 Å². The quantitative estimate of drug-likeness (QED) is 0.0964. The highest BCUT2D eigenvalue weighted by Gasteiger charge is 2.55. The van der Waals surface area contributed by atoms with Crippen LogP contribution in [0.1, 0.15) is 12.8 Å². The van der Waals surface area contributed by atoms with Crippen molar-refractivity contribution in [1.82, 2.24) is 15.1 Å². The van der Waals surface area contributed by atoms with Gasteiger partial charge in [-0.1, -0.05) is 6.58 Å². The first-order valence-electron chi connectivity index (χ1n) is 8.45. The Morgan fingerprint density at radius 1 is 1.41 bits per heavy atom. The number of allylic oxidation sites excluding steroid dienone is 1. The molecule has 27 heavy (non-hydrogen) atoms. The third kappa shape index (κ3) is 5.52. The van der Waals surface area contributed by atoms with Crippen molar-refractivity contribution in [3.05, 3.63) is 24.6 Å². The number of nitrogens with zero attached hydrogens (tertiary/aromatic N) is 2. The molecule has 1 saturated carbocycles. The van der Waals surface area contributed by atoms with Crippen molar-refractivity contribution in [2.24, 2.45) is 0 Å². The first-order valence-corrected chi connectivity index (χ1v) is 8.45. The number of ether oxygens (including phenoxy) is 2. The molecule has 0 radical (unpaired) electrons. The summed E-state index contributed by atoms with van der Waals surface area (Å²) >= 11 is 0. The molecule has 0 aromatic heterocycles. The van der Waals surface area contributed by atoms with Crippen LogP contribution in [0, 0.1) is 0 Å². The maximum atomic E-state index is 12.7. The Labute approximate surface area is 157 Å². The molecule has 0 aromatic rings. The zero-order valence-corrected chi connectivity index (χ0v) is 15.5. The van der Waals surface area contributed by atoms with E-state index < -0.39 is 12.6 Å². The molecular weight excluding hydrogens is 358 g/mol. The summed E-state index contributed by atoms with van der Waals surface area (Å²) in [4.78, 5) is 46.4. The molecule has 2 fully saturated rings. The van der Waals surface area contributed by atoms with Crippen molar-refractivity contribution >= 4 is 18.2 Å². The summed E-state index contributed by atoms with van der Waals surface area (Å²) in [5, 5.41) is 2.82. The van der Waals surface area contributed by atoms with Crippen molar-refractivity contribution in [3.8, 4) is 0 Å². The van der Waals surface area contributed by atoms with Gasteiger partial charge in [0, 0.05) is 12.3 Å². The van der Waals surface area contributed by atoms with E-state index in [2.05, 4.69) is 21.7 Å². The van der Waals surface area contributed by atoms with Gasteiger partial charge in [-0.2, -0.15) is 0 Å². The van der Waals surface area contributed by atoms with E-state index >= 15 is 0 Å². The van der Waals surface area contributed by atoms with Crippen LogP contribution in [-0.2, 0) is 33.6 Å². The molecule has 0 aromatic carbocycles. The van der Waals surface area contributed by atoms with Crippen LogP contribution in [0.15, 0.2) is 24.6 Å². The van der Waals surface area contributed by atoms with E-state index in [-0.39, 0.29) is 36.4 Å². The predicted molar refractivity (Wildman–Crippen MR) is 92.6 cm³/mol. The Kier molecular flexibility index (Phi) is 7.34. The van der Waals surface area contributed by atoms with Gasteiger partial charge >= 0.3 is 6.47 Å². The molecule has 10 nitrogen and oxygen atoms in total. The van der Waals surface area contributed by atoms with Crippen LogP contribution in [0.5, 0.6) is 0 Å². The topological polar surface area (TPSA) is 107 Å². The van der Waals surface area contributed by atoms with Gasteiger partial charge in [-0.05, 0) is 26.9 Å². The van der Waals surface area contributed by atoms with E-state index in [0.29, 0.717) is 13.2 Å². The number of ketones is 1. The van der Waals surface area contributed by atoms with Crippen molar-refractivity contribution in [3.63, 3.8) is 0 Å². The van der Waals surface area contributed by atoms with E-state index in [1.54, 1.807) is 0 Å². The summed E-state index contributed by atoms with van der Waals surface area (Å²) in [6.45, 7) is 4.14. The molecule has 1 spiro atoms. The molecule has 1 aliphatic carbocycles. The normalized spacial score (nSPS) is 20.6. The second-order valence-corrected chi connectivity index (χ2v) is 6.52. The third-order valence-electron chi connectivity index (χ3n) is 4.41. The zero-order chi connectivity index (χ0) is 19.9. The smallest absolute Gasteiger partial charge is 0.330 e. The Hall–Kier alpha value is -2.43. The fraction of sp³-hybridized carbons (Fsp3) is 0.588. The lowest BCUT2D eigenvalue weighted by molar-refractivity contribution is -0.293. The predicted octanol–water partition coefficient (Wildman–Crippen LogP) is -0.470. The number of morpholine rings is 1. The summed E-state index contributed by atoms with van der Waals surface area (Å²) in [5.41, 5.74) is -0.197. The summed E-state index contributed by atoms with van der Waals surface area (Å²) in [6, 6.07) is 0. The average molecular weight is 383 g/mol. The van der Waals surface area contributed by atoms with Gasteiger partial charge in [0.2, 0.25) is 18.5 Å². The molecule has 10 heteroatoms. The van der Waals surface area contributed by atoms with E-state index in [1.165, 1.54) is 12.3 Å². The van der Waals surface area contributed by atoms with Crippen molar-refractivity contribution in [2.75, 3.05) is 40.6 Å². The minimum Gasteiger partial charge on any atom is -0.460 e. The van der Waals surface area contributed by atoms with Gasteiger partial charge < -0.3 is 19.7 Å². The van der Waals surface area contributed by atoms with Crippen LogP contribution in [0.2, 0.25) is 0 Å². The van der Waals surface area contributed by atoms with Crippen LogP contribution in [0.4, 0.5) is 0 Å². The minimum absolute atomic E-state index is 0.0545. The Balaban J connectivity index is 1.79. The molecule has 0 bridgehead atoms. The summed E-state index contributed by atoms with van der Waals surface area (Å²) in [5.74, 6) is -0.756. The highest BCUT2D eigenvalue weighted by molar-refractivity contribution is 6.01. The van der Waals surface area contributed by atoms with Gasteiger partial charge in [0.25, 0.3) is 0 Å². The van der Waals surface area contributed by atoms with Crippen molar-refractivity contribution < 1.29 is 33.6 Å². The highest BCUT2D eigenvalue weighted by atomic mass is 17.2. The average Bonchev–Trinajstić information content (AvgIpc) is 3.40. The molecule has 1 N–H and O–H groups in total. The zero-order valence-electron chi connectivity index (χ0n) is 15.5. The molecule has 1 saturated heterocycles. The number of amides is 1. The molecule has 2 rings (SSSR count). The summed E-state index contributed by atoms with van der Waals surface area (Å²) in [6.07, 6.45) is 4.31. The van der Waals surface area contributed by atoms with E-state index in [9.17, 15) is 14.4 Å². The number of likely N-dealkylation sites (N-methyl/N-ethyl adjacent to an activating group) is 1. The highest BCUT2D eigenvalue weighted by Crippen LogP contribution is 2.45. The molecule has 2 aliphatic rings. The van der Waals surface area contributed by atoms with Crippen LogP contribution >= 0.6 is 0 Å². The molecule has 1 amide bonds. The lowest BCUT2D eigenvalue weighted by atomic mass is 10.1. The lowest BCUT2D eigenvalue weighted by Gasteiger charge is -2.45. The number of nitrogens with one attached hydrogen (secondary N) is 1. The molecule has 1 unspecified atom stereocenters. The third-order valence-corrected chi connectivity index (χ3v) is 4.41. The maximum Gasteiger partial charge on any atom is 0.330 e. The SMILES string of the molecule is C=C(OCOOC=O)C(=O)/C=C\NCC(=O)N1C(N(C)C)COCC12CC2. The van der Waals surface area contributed by atoms with Gasteiger partial charge in [-0.15, -0.1) is 4.89 Å². The number of hydrogen-bond donors (Lipinski definition) is 1. The summed E-state index contributed by atoms with van der Waals surface area (Å²) < 4.78 is 10.5. The summed E-state index contributed by atoms with van der Waals surface area (Å²) in [7, 11) is 3.83. The molecular formula is C17H25N3O7. The first kappa shape index (κ1) is 20.9. The Bertz CT molecular complexity index is 601. The fourth-order valence-corrected chi connectivity index (χ4v) is 2.84. The van der Waals surface area contributed by atoms with Crippen LogP contribution in [-0.4, -0.2) is 80.3 Å². The molecule has 150 valence electrons. The van der Waals surface area contributed by atoms with Gasteiger partial charge in [0.1, 0.15) is 6.17 Å². The largest absolute Gasteiger partial charge is 0.460 e. The van der Waals surface area contributed by atoms with Crippen LogP contribution in [0.25, 0.3) is 0 Å². The van der Waals surface area contributed by atoms with Crippen molar-refractivity contribution in [1.29, 1.82) is 0 Å². The van der Waals surface area contributed by atoms with Crippen LogP contribution < -0.4 is 5.32 Å². The molecule has 1 atom stereocenters. The van der Waals surface area contributed by atoms with E-state index in [1.807, 2.05) is 23.9 Å².